The monoisotopic (exact) mass is 245 g/mol. The van der Waals surface area contributed by atoms with Gasteiger partial charge in [-0.15, -0.1) is 0 Å². The number of hydrogen-bond donors (Lipinski definition) is 1. The van der Waals surface area contributed by atoms with Crippen LogP contribution in [0.15, 0.2) is 18.3 Å². The number of hydrogen-bond acceptors (Lipinski definition) is 4. The van der Waals surface area contributed by atoms with Crippen molar-refractivity contribution in [3.05, 3.63) is 23.9 Å². The predicted molar refractivity (Wildman–Crippen MR) is 65.0 cm³/mol. The first-order valence-electron chi connectivity index (χ1n) is 6.22. The molecule has 1 saturated carbocycles. The summed E-state index contributed by atoms with van der Waals surface area (Å²) in [5.41, 5.74) is 6.45. The first-order chi connectivity index (χ1) is 8.66. The normalized spacial score (nSPS) is 26.8. The Morgan fingerprint density at radius 1 is 1.28 bits per heavy atom. The predicted octanol–water partition coefficient (Wildman–Crippen LogP) is 0.949. The number of nitrogens with zero attached hydrogens (tertiary/aromatic N) is 2. The standard InChI is InChI=1S/C13H15N3O2/c14-11-6-8(4-5-15-11)7-16-12(17)9-2-1-3-10(9)13(16)18/h4-6,9-10H,1-3,7H2,(H2,14,15). The van der Waals surface area contributed by atoms with Crippen molar-refractivity contribution in [2.24, 2.45) is 11.8 Å². The second-order valence-corrected chi connectivity index (χ2v) is 5.00. The Morgan fingerprint density at radius 3 is 2.56 bits per heavy atom. The lowest BCUT2D eigenvalue weighted by Crippen LogP contribution is -2.31. The van der Waals surface area contributed by atoms with Gasteiger partial charge in [0.15, 0.2) is 0 Å². The highest BCUT2D eigenvalue weighted by molar-refractivity contribution is 6.05. The molecule has 2 atom stereocenters. The number of likely N-dealkylation sites (tertiary alicyclic amines) is 1. The fourth-order valence-electron chi connectivity index (χ4n) is 2.99. The van der Waals surface area contributed by atoms with E-state index in [1.807, 2.05) is 0 Å². The quantitative estimate of drug-likeness (QED) is 0.787. The van der Waals surface area contributed by atoms with Crippen LogP contribution in [0.2, 0.25) is 0 Å². The summed E-state index contributed by atoms with van der Waals surface area (Å²) in [4.78, 5) is 29.6. The summed E-state index contributed by atoms with van der Waals surface area (Å²) in [5.74, 6) is 0.232. The zero-order valence-corrected chi connectivity index (χ0v) is 10.0. The molecule has 1 aliphatic heterocycles. The molecule has 2 heterocycles. The average molecular weight is 245 g/mol. The maximum atomic E-state index is 12.1. The van der Waals surface area contributed by atoms with Crippen molar-refractivity contribution in [2.45, 2.75) is 25.8 Å². The fraction of sp³-hybridized carbons (Fsp3) is 0.462. The van der Waals surface area contributed by atoms with Crippen LogP contribution in [-0.2, 0) is 16.1 Å². The number of imide groups is 1. The lowest BCUT2D eigenvalue weighted by Gasteiger charge is -2.15. The topological polar surface area (TPSA) is 76.3 Å². The molecule has 3 rings (SSSR count). The first kappa shape index (κ1) is 11.2. The van der Waals surface area contributed by atoms with Crippen LogP contribution >= 0.6 is 0 Å². The summed E-state index contributed by atoms with van der Waals surface area (Å²) in [6, 6.07) is 3.49. The second-order valence-electron chi connectivity index (χ2n) is 5.00. The van der Waals surface area contributed by atoms with Gasteiger partial charge in [-0.25, -0.2) is 4.98 Å². The van der Waals surface area contributed by atoms with Gasteiger partial charge in [0, 0.05) is 6.20 Å². The molecular weight excluding hydrogens is 230 g/mol. The van der Waals surface area contributed by atoms with Gasteiger partial charge in [0.2, 0.25) is 11.8 Å². The summed E-state index contributed by atoms with van der Waals surface area (Å²) in [6.07, 6.45) is 4.29. The molecule has 0 bridgehead atoms. The Labute approximate surface area is 105 Å². The van der Waals surface area contributed by atoms with Crippen LogP contribution in [0.5, 0.6) is 0 Å². The zero-order chi connectivity index (χ0) is 12.7. The highest BCUT2D eigenvalue weighted by Gasteiger charge is 2.49. The van der Waals surface area contributed by atoms with Crippen LogP contribution in [-0.4, -0.2) is 21.7 Å². The third-order valence-electron chi connectivity index (χ3n) is 3.87. The Hall–Kier alpha value is -1.91. The van der Waals surface area contributed by atoms with Gasteiger partial charge < -0.3 is 5.73 Å². The second kappa shape index (κ2) is 4.08. The molecule has 2 fully saturated rings. The third-order valence-corrected chi connectivity index (χ3v) is 3.87. The van der Waals surface area contributed by atoms with E-state index in [9.17, 15) is 9.59 Å². The van der Waals surface area contributed by atoms with Crippen molar-refractivity contribution >= 4 is 17.6 Å². The molecule has 1 saturated heterocycles. The van der Waals surface area contributed by atoms with Crippen molar-refractivity contribution in [3.63, 3.8) is 0 Å². The van der Waals surface area contributed by atoms with Crippen LogP contribution < -0.4 is 5.73 Å². The van der Waals surface area contributed by atoms with E-state index < -0.39 is 0 Å². The molecule has 1 aliphatic carbocycles. The molecule has 5 heteroatoms. The van der Waals surface area contributed by atoms with E-state index >= 15 is 0 Å². The number of carbonyl (C=O) groups is 2. The van der Waals surface area contributed by atoms with Gasteiger partial charge in [-0.2, -0.15) is 0 Å². The molecule has 0 aromatic carbocycles. The van der Waals surface area contributed by atoms with Gasteiger partial charge >= 0.3 is 0 Å². The Morgan fingerprint density at radius 2 is 1.94 bits per heavy atom. The molecule has 1 aromatic rings. The number of aromatic nitrogens is 1. The van der Waals surface area contributed by atoms with Gasteiger partial charge in [0.05, 0.1) is 18.4 Å². The molecule has 2 unspecified atom stereocenters. The van der Waals surface area contributed by atoms with E-state index in [-0.39, 0.29) is 23.7 Å². The molecule has 2 amide bonds. The van der Waals surface area contributed by atoms with Crippen LogP contribution in [0, 0.1) is 11.8 Å². The van der Waals surface area contributed by atoms with Crippen LogP contribution in [0.1, 0.15) is 24.8 Å². The minimum Gasteiger partial charge on any atom is -0.384 e. The van der Waals surface area contributed by atoms with Gasteiger partial charge in [-0.1, -0.05) is 6.42 Å². The van der Waals surface area contributed by atoms with Crippen molar-refractivity contribution in [3.8, 4) is 0 Å². The number of nitrogen functional groups attached to an aromatic ring is 1. The zero-order valence-electron chi connectivity index (χ0n) is 10.0. The van der Waals surface area contributed by atoms with E-state index in [0.29, 0.717) is 12.4 Å². The highest BCUT2D eigenvalue weighted by atomic mass is 16.2. The van der Waals surface area contributed by atoms with E-state index in [4.69, 9.17) is 5.73 Å². The van der Waals surface area contributed by atoms with Gasteiger partial charge in [-0.05, 0) is 30.5 Å². The SMILES string of the molecule is Nc1cc(CN2C(=O)C3CCCC3C2=O)ccn1. The van der Waals surface area contributed by atoms with Gasteiger partial charge in [-0.3, -0.25) is 14.5 Å². The Kier molecular flexibility index (Phi) is 2.54. The Balaban J connectivity index is 1.81. The lowest BCUT2D eigenvalue weighted by molar-refractivity contribution is -0.141. The van der Waals surface area contributed by atoms with Crippen molar-refractivity contribution in [2.75, 3.05) is 5.73 Å². The molecule has 5 nitrogen and oxygen atoms in total. The summed E-state index contributed by atoms with van der Waals surface area (Å²) in [5, 5.41) is 0. The number of carbonyl (C=O) groups excluding carboxylic acids is 2. The molecule has 0 radical (unpaired) electrons. The number of pyridine rings is 1. The van der Waals surface area contributed by atoms with E-state index in [2.05, 4.69) is 4.98 Å². The first-order valence-corrected chi connectivity index (χ1v) is 6.22. The molecule has 0 spiro atoms. The van der Waals surface area contributed by atoms with Crippen molar-refractivity contribution in [1.82, 2.24) is 9.88 Å². The third kappa shape index (κ3) is 1.66. The maximum absolute atomic E-state index is 12.1. The van der Waals surface area contributed by atoms with Crippen LogP contribution in [0.4, 0.5) is 5.82 Å². The molecular formula is C13H15N3O2. The smallest absolute Gasteiger partial charge is 0.233 e. The lowest BCUT2D eigenvalue weighted by atomic mass is 10.00. The van der Waals surface area contributed by atoms with E-state index in [0.717, 1.165) is 24.8 Å². The van der Waals surface area contributed by atoms with Gasteiger partial charge in [0.25, 0.3) is 0 Å². The summed E-state index contributed by atoms with van der Waals surface area (Å²) >= 11 is 0. The molecule has 94 valence electrons. The number of nitrogens with two attached hydrogens (primary N) is 1. The van der Waals surface area contributed by atoms with Crippen molar-refractivity contribution in [1.29, 1.82) is 0 Å². The largest absolute Gasteiger partial charge is 0.384 e. The summed E-state index contributed by atoms with van der Waals surface area (Å²) in [6.45, 7) is 0.317. The van der Waals surface area contributed by atoms with E-state index in [1.54, 1.807) is 18.3 Å². The number of rotatable bonds is 2. The summed E-state index contributed by atoms with van der Waals surface area (Å²) in [7, 11) is 0. The van der Waals surface area contributed by atoms with E-state index in [1.165, 1.54) is 4.90 Å². The number of anilines is 1. The minimum absolute atomic E-state index is 0.0158. The van der Waals surface area contributed by atoms with Crippen molar-refractivity contribution < 1.29 is 9.59 Å². The van der Waals surface area contributed by atoms with Gasteiger partial charge in [0.1, 0.15) is 5.82 Å². The minimum atomic E-state index is -0.0725. The number of fused-ring (bicyclic) bond motifs is 1. The number of amides is 2. The fourth-order valence-corrected chi connectivity index (χ4v) is 2.99. The van der Waals surface area contributed by atoms with Crippen LogP contribution in [0.25, 0.3) is 0 Å². The van der Waals surface area contributed by atoms with Crippen LogP contribution in [0.3, 0.4) is 0 Å². The molecule has 18 heavy (non-hydrogen) atoms. The average Bonchev–Trinajstić information content (AvgIpc) is 2.90. The molecule has 1 aromatic heterocycles. The molecule has 2 aliphatic rings. The molecule has 2 N–H and O–H groups in total. The maximum Gasteiger partial charge on any atom is 0.233 e. The highest BCUT2D eigenvalue weighted by Crippen LogP contribution is 2.40. The summed E-state index contributed by atoms with van der Waals surface area (Å²) < 4.78 is 0. The Bertz CT molecular complexity index is 493.